The number of aryl methyl sites for hydroxylation is 1. The number of rotatable bonds is 5. The van der Waals surface area contributed by atoms with E-state index < -0.39 is 5.60 Å². The molecule has 0 aromatic carbocycles. The summed E-state index contributed by atoms with van der Waals surface area (Å²) < 4.78 is 0. The molecule has 0 aliphatic rings. The van der Waals surface area contributed by atoms with Crippen molar-refractivity contribution < 1.29 is 5.11 Å². The monoisotopic (exact) mass is 228 g/mol. The van der Waals surface area contributed by atoms with Gasteiger partial charge < -0.3 is 10.4 Å². The molecular weight excluding hydrogens is 208 g/mol. The fourth-order valence-corrected chi connectivity index (χ4v) is 1.84. The fraction of sp³-hybridized carbons (Fsp3) is 0.727. The third kappa shape index (κ3) is 4.28. The van der Waals surface area contributed by atoms with Crippen molar-refractivity contribution in [1.29, 1.82) is 0 Å². The number of aliphatic hydroxyl groups is 1. The van der Waals surface area contributed by atoms with Gasteiger partial charge in [-0.3, -0.25) is 0 Å². The van der Waals surface area contributed by atoms with Gasteiger partial charge in [-0.2, -0.15) is 0 Å². The van der Waals surface area contributed by atoms with Crippen LogP contribution < -0.4 is 5.32 Å². The summed E-state index contributed by atoms with van der Waals surface area (Å²) in [5.41, 5.74) is 0.464. The van der Waals surface area contributed by atoms with E-state index in [0.717, 1.165) is 23.7 Å². The molecule has 0 aliphatic heterocycles. The zero-order chi connectivity index (χ0) is 11.5. The van der Waals surface area contributed by atoms with E-state index in [-0.39, 0.29) is 6.04 Å². The molecule has 1 rings (SSSR count). The minimum atomic E-state index is -0.669. The van der Waals surface area contributed by atoms with E-state index in [2.05, 4.69) is 15.7 Å². The summed E-state index contributed by atoms with van der Waals surface area (Å²) in [4.78, 5) is 4.39. The van der Waals surface area contributed by atoms with Gasteiger partial charge in [-0.15, -0.1) is 11.3 Å². The lowest BCUT2D eigenvalue weighted by Gasteiger charge is -2.26. The molecule has 0 bridgehead atoms. The Morgan fingerprint density at radius 3 is 2.73 bits per heavy atom. The number of aromatic nitrogens is 1. The second-order valence-corrected chi connectivity index (χ2v) is 5.50. The van der Waals surface area contributed by atoms with Gasteiger partial charge in [0, 0.05) is 24.4 Å². The van der Waals surface area contributed by atoms with Crippen molar-refractivity contribution in [2.45, 2.75) is 45.8 Å². The zero-order valence-electron chi connectivity index (χ0n) is 9.87. The van der Waals surface area contributed by atoms with Gasteiger partial charge in [0.05, 0.1) is 16.3 Å². The van der Waals surface area contributed by atoms with Crippen LogP contribution in [0.2, 0.25) is 0 Å². The molecule has 1 unspecified atom stereocenters. The molecule has 1 heterocycles. The first-order chi connectivity index (χ1) is 6.89. The standard InChI is InChI=1S/C11H20N2OS/c1-8(11(3,4)14)12-6-5-10-7-15-9(2)13-10/h7-8,12,14H,5-6H2,1-4H3. The molecule has 4 heteroatoms. The zero-order valence-corrected chi connectivity index (χ0v) is 10.7. The average molecular weight is 228 g/mol. The third-order valence-electron chi connectivity index (χ3n) is 2.56. The number of nitrogens with zero attached hydrogens (tertiary/aromatic N) is 1. The van der Waals surface area contributed by atoms with E-state index in [1.165, 1.54) is 0 Å². The summed E-state index contributed by atoms with van der Waals surface area (Å²) >= 11 is 1.68. The Bertz CT molecular complexity index is 304. The van der Waals surface area contributed by atoms with Crippen molar-refractivity contribution in [2.75, 3.05) is 6.54 Å². The summed E-state index contributed by atoms with van der Waals surface area (Å²) in [5.74, 6) is 0. The molecule has 2 N–H and O–H groups in total. The van der Waals surface area contributed by atoms with Crippen LogP contribution in [0.4, 0.5) is 0 Å². The van der Waals surface area contributed by atoms with Crippen molar-refractivity contribution in [3.05, 3.63) is 16.1 Å². The lowest BCUT2D eigenvalue weighted by molar-refractivity contribution is 0.0446. The summed E-state index contributed by atoms with van der Waals surface area (Å²) in [5, 5.41) is 16.2. The van der Waals surface area contributed by atoms with Gasteiger partial charge in [0.2, 0.25) is 0 Å². The van der Waals surface area contributed by atoms with Crippen molar-refractivity contribution in [1.82, 2.24) is 10.3 Å². The number of hydrogen-bond acceptors (Lipinski definition) is 4. The van der Waals surface area contributed by atoms with Crippen LogP contribution in [-0.4, -0.2) is 28.3 Å². The van der Waals surface area contributed by atoms with Crippen LogP contribution in [0.1, 0.15) is 31.5 Å². The van der Waals surface area contributed by atoms with Gasteiger partial charge in [0.15, 0.2) is 0 Å². The summed E-state index contributed by atoms with van der Waals surface area (Å²) in [7, 11) is 0. The Labute approximate surface area is 95.6 Å². The Kier molecular flexibility index (Phi) is 4.25. The van der Waals surface area contributed by atoms with E-state index in [0.29, 0.717) is 0 Å². The maximum absolute atomic E-state index is 9.71. The first-order valence-corrected chi connectivity index (χ1v) is 6.14. The molecular formula is C11H20N2OS. The third-order valence-corrected chi connectivity index (χ3v) is 3.38. The molecule has 0 spiro atoms. The Hall–Kier alpha value is -0.450. The molecule has 1 aromatic heterocycles. The molecule has 3 nitrogen and oxygen atoms in total. The van der Waals surface area contributed by atoms with Crippen LogP contribution in [0.3, 0.4) is 0 Å². The molecule has 0 aliphatic carbocycles. The maximum atomic E-state index is 9.71. The van der Waals surface area contributed by atoms with E-state index in [9.17, 15) is 5.11 Å². The van der Waals surface area contributed by atoms with Crippen LogP contribution in [0.5, 0.6) is 0 Å². The highest BCUT2D eigenvalue weighted by molar-refractivity contribution is 7.09. The van der Waals surface area contributed by atoms with Crippen LogP contribution in [-0.2, 0) is 6.42 Å². The Balaban J connectivity index is 2.28. The first-order valence-electron chi connectivity index (χ1n) is 5.26. The second-order valence-electron chi connectivity index (χ2n) is 4.44. The maximum Gasteiger partial charge on any atom is 0.0897 e. The van der Waals surface area contributed by atoms with Crippen molar-refractivity contribution >= 4 is 11.3 Å². The van der Waals surface area contributed by atoms with Crippen LogP contribution >= 0.6 is 11.3 Å². The van der Waals surface area contributed by atoms with Gasteiger partial charge in [0.25, 0.3) is 0 Å². The predicted octanol–water partition coefficient (Wildman–Crippen LogP) is 1.74. The van der Waals surface area contributed by atoms with Crippen molar-refractivity contribution in [2.24, 2.45) is 0 Å². The smallest absolute Gasteiger partial charge is 0.0897 e. The summed E-state index contributed by atoms with van der Waals surface area (Å²) in [6, 6.07) is 0.0947. The highest BCUT2D eigenvalue weighted by Gasteiger charge is 2.21. The van der Waals surface area contributed by atoms with Gasteiger partial charge >= 0.3 is 0 Å². The number of hydrogen-bond donors (Lipinski definition) is 2. The van der Waals surface area contributed by atoms with Gasteiger partial charge in [-0.25, -0.2) is 4.98 Å². The van der Waals surface area contributed by atoms with Gasteiger partial charge in [-0.1, -0.05) is 0 Å². The highest BCUT2D eigenvalue weighted by atomic mass is 32.1. The molecule has 0 radical (unpaired) electrons. The molecule has 1 atom stereocenters. The summed E-state index contributed by atoms with van der Waals surface area (Å²) in [6.07, 6.45) is 0.921. The molecule has 15 heavy (non-hydrogen) atoms. The minimum Gasteiger partial charge on any atom is -0.389 e. The SMILES string of the molecule is Cc1nc(CCNC(C)C(C)(C)O)cs1. The molecule has 0 saturated heterocycles. The molecule has 0 fully saturated rings. The highest BCUT2D eigenvalue weighted by Crippen LogP contribution is 2.09. The van der Waals surface area contributed by atoms with E-state index in [1.54, 1.807) is 11.3 Å². The fourth-order valence-electron chi connectivity index (χ4n) is 1.19. The molecule has 0 amide bonds. The summed E-state index contributed by atoms with van der Waals surface area (Å²) in [6.45, 7) is 8.50. The van der Waals surface area contributed by atoms with Crippen LogP contribution in [0.15, 0.2) is 5.38 Å². The topological polar surface area (TPSA) is 45.2 Å². The Morgan fingerprint density at radius 2 is 2.27 bits per heavy atom. The van der Waals surface area contributed by atoms with Crippen LogP contribution in [0, 0.1) is 6.92 Å². The normalized spacial score (nSPS) is 14.2. The number of thiazole rings is 1. The van der Waals surface area contributed by atoms with Gasteiger partial charge in [0.1, 0.15) is 0 Å². The lowest BCUT2D eigenvalue weighted by atomic mass is 10.0. The molecule has 86 valence electrons. The van der Waals surface area contributed by atoms with Crippen LogP contribution in [0.25, 0.3) is 0 Å². The predicted molar refractivity (Wildman–Crippen MR) is 64.3 cm³/mol. The average Bonchev–Trinajstić information content (AvgIpc) is 2.49. The molecule has 0 saturated carbocycles. The molecule has 1 aromatic rings. The van der Waals surface area contributed by atoms with Crippen molar-refractivity contribution in [3.63, 3.8) is 0 Å². The van der Waals surface area contributed by atoms with E-state index >= 15 is 0 Å². The van der Waals surface area contributed by atoms with Crippen molar-refractivity contribution in [3.8, 4) is 0 Å². The quantitative estimate of drug-likeness (QED) is 0.807. The minimum absolute atomic E-state index is 0.0947. The first kappa shape index (κ1) is 12.6. The largest absolute Gasteiger partial charge is 0.389 e. The van der Waals surface area contributed by atoms with E-state index in [1.807, 2.05) is 27.7 Å². The van der Waals surface area contributed by atoms with E-state index in [4.69, 9.17) is 0 Å². The number of nitrogens with one attached hydrogen (secondary N) is 1. The Morgan fingerprint density at radius 1 is 1.60 bits per heavy atom. The second kappa shape index (κ2) is 5.05. The van der Waals surface area contributed by atoms with Gasteiger partial charge in [-0.05, 0) is 27.7 Å². The lowest BCUT2D eigenvalue weighted by Crippen LogP contribution is -2.45.